The number of halogens is 1. The first-order valence-corrected chi connectivity index (χ1v) is 10.3. The van der Waals surface area contributed by atoms with Gasteiger partial charge in [0.2, 0.25) is 11.8 Å². The van der Waals surface area contributed by atoms with E-state index in [0.29, 0.717) is 23.9 Å². The number of likely N-dealkylation sites (tertiary alicyclic amines) is 1. The van der Waals surface area contributed by atoms with E-state index in [1.165, 1.54) is 6.07 Å². The third kappa shape index (κ3) is 4.12. The summed E-state index contributed by atoms with van der Waals surface area (Å²) in [6, 6.07) is 6.81. The lowest BCUT2D eigenvalue weighted by Crippen LogP contribution is -2.50. The first-order chi connectivity index (χ1) is 13.5. The van der Waals surface area contributed by atoms with Crippen LogP contribution in [0.3, 0.4) is 0 Å². The van der Waals surface area contributed by atoms with Crippen LogP contribution in [0.25, 0.3) is 11.5 Å². The van der Waals surface area contributed by atoms with Crippen molar-refractivity contribution in [2.24, 2.45) is 11.8 Å². The number of piperidine rings is 1. The molecule has 2 aliphatic rings. The summed E-state index contributed by atoms with van der Waals surface area (Å²) in [6.07, 6.45) is 4.06. The van der Waals surface area contributed by atoms with E-state index in [-0.39, 0.29) is 23.7 Å². The maximum atomic E-state index is 14.0. The highest BCUT2D eigenvalue weighted by Crippen LogP contribution is 2.31. The zero-order valence-electron chi connectivity index (χ0n) is 16.6. The van der Waals surface area contributed by atoms with Crippen LogP contribution in [0, 0.1) is 24.6 Å². The summed E-state index contributed by atoms with van der Waals surface area (Å²) < 4.78 is 19.8. The number of carbonyl (C=O) groups is 1. The molecule has 0 bridgehead atoms. The van der Waals surface area contributed by atoms with Crippen LogP contribution in [0.15, 0.2) is 28.7 Å². The van der Waals surface area contributed by atoms with Gasteiger partial charge in [0, 0.05) is 31.6 Å². The van der Waals surface area contributed by atoms with Gasteiger partial charge in [-0.1, -0.05) is 25.5 Å². The van der Waals surface area contributed by atoms with Crippen LogP contribution in [-0.4, -0.2) is 34.9 Å². The van der Waals surface area contributed by atoms with E-state index in [9.17, 15) is 9.18 Å². The van der Waals surface area contributed by atoms with Crippen molar-refractivity contribution in [1.82, 2.24) is 15.2 Å². The van der Waals surface area contributed by atoms with Crippen LogP contribution in [0.4, 0.5) is 4.39 Å². The topological polar surface area (TPSA) is 58.4 Å². The van der Waals surface area contributed by atoms with E-state index in [4.69, 9.17) is 4.42 Å². The Bertz CT molecular complexity index is 846. The number of benzene rings is 1. The summed E-state index contributed by atoms with van der Waals surface area (Å²) in [5, 5.41) is 3.27. The molecule has 1 saturated carbocycles. The molecule has 28 heavy (non-hydrogen) atoms. The highest BCUT2D eigenvalue weighted by Gasteiger charge is 2.35. The lowest BCUT2D eigenvalue weighted by atomic mass is 9.89. The number of nitrogens with zero attached hydrogens (tertiary/aromatic N) is 2. The van der Waals surface area contributed by atoms with Gasteiger partial charge in [0.25, 0.3) is 0 Å². The minimum atomic E-state index is -0.325. The standard InChI is InChI=1S/C22H28FN3O2/c1-3-15-12-26(11-10-19(15)24-21(27)16-8-9-16)13-20-14(2)28-22(25-20)17-6-4-5-7-18(17)23/h4-7,15-16,19H,3,8-13H2,1-2H3,(H,24,27)/t15-,19+/m1/s1. The number of hydrogen-bond donors (Lipinski definition) is 1. The van der Waals surface area contributed by atoms with Crippen molar-refractivity contribution in [2.45, 2.75) is 52.1 Å². The number of hydrogen-bond acceptors (Lipinski definition) is 4. The van der Waals surface area contributed by atoms with Gasteiger partial charge < -0.3 is 9.73 Å². The molecule has 1 N–H and O–H groups in total. The quantitative estimate of drug-likeness (QED) is 0.819. The fourth-order valence-corrected chi connectivity index (χ4v) is 4.04. The number of rotatable bonds is 6. The summed E-state index contributed by atoms with van der Waals surface area (Å²) in [7, 11) is 0. The number of amides is 1. The zero-order chi connectivity index (χ0) is 19.7. The molecular weight excluding hydrogens is 357 g/mol. The third-order valence-electron chi connectivity index (χ3n) is 5.99. The van der Waals surface area contributed by atoms with Gasteiger partial charge in [0.15, 0.2) is 0 Å². The maximum absolute atomic E-state index is 14.0. The van der Waals surface area contributed by atoms with Crippen LogP contribution < -0.4 is 5.32 Å². The maximum Gasteiger partial charge on any atom is 0.229 e. The van der Waals surface area contributed by atoms with Crippen LogP contribution in [0.5, 0.6) is 0 Å². The summed E-state index contributed by atoms with van der Waals surface area (Å²) in [5.41, 5.74) is 1.25. The Balaban J connectivity index is 1.41. The number of oxazole rings is 1. The van der Waals surface area contributed by atoms with Crippen molar-refractivity contribution in [1.29, 1.82) is 0 Å². The Morgan fingerprint density at radius 2 is 2.11 bits per heavy atom. The average Bonchev–Trinajstić information content (AvgIpc) is 3.48. The second-order valence-electron chi connectivity index (χ2n) is 8.08. The van der Waals surface area contributed by atoms with Crippen molar-refractivity contribution < 1.29 is 13.6 Å². The molecule has 0 unspecified atom stereocenters. The molecule has 4 rings (SSSR count). The van der Waals surface area contributed by atoms with Crippen LogP contribution >= 0.6 is 0 Å². The molecule has 1 aliphatic carbocycles. The summed E-state index contributed by atoms with van der Waals surface area (Å²) in [4.78, 5) is 19.1. The van der Waals surface area contributed by atoms with Gasteiger partial charge in [-0.15, -0.1) is 0 Å². The second kappa shape index (κ2) is 8.03. The minimum absolute atomic E-state index is 0.235. The third-order valence-corrected chi connectivity index (χ3v) is 5.99. The molecule has 2 fully saturated rings. The van der Waals surface area contributed by atoms with Gasteiger partial charge in [-0.05, 0) is 44.2 Å². The molecule has 2 aromatic rings. The number of carbonyl (C=O) groups excluding carboxylic acids is 1. The predicted molar refractivity (Wildman–Crippen MR) is 105 cm³/mol. The molecule has 2 heterocycles. The van der Waals surface area contributed by atoms with Crippen LogP contribution in [0.2, 0.25) is 0 Å². The first-order valence-electron chi connectivity index (χ1n) is 10.3. The summed E-state index contributed by atoms with van der Waals surface area (Å²) in [6.45, 7) is 6.58. The molecule has 0 spiro atoms. The second-order valence-corrected chi connectivity index (χ2v) is 8.08. The van der Waals surface area contributed by atoms with Gasteiger partial charge in [0.1, 0.15) is 11.6 Å². The highest BCUT2D eigenvalue weighted by atomic mass is 19.1. The SMILES string of the molecule is CC[C@@H]1CN(Cc2nc(-c3ccccc3F)oc2C)CC[C@@H]1NC(=O)C1CC1. The highest BCUT2D eigenvalue weighted by molar-refractivity contribution is 5.81. The lowest BCUT2D eigenvalue weighted by Gasteiger charge is -2.38. The fourth-order valence-electron chi connectivity index (χ4n) is 4.04. The largest absolute Gasteiger partial charge is 0.441 e. The normalized spacial score (nSPS) is 23.0. The van der Waals surface area contributed by atoms with Gasteiger partial charge >= 0.3 is 0 Å². The Morgan fingerprint density at radius 1 is 1.32 bits per heavy atom. The minimum Gasteiger partial charge on any atom is -0.441 e. The number of nitrogens with one attached hydrogen (secondary N) is 1. The van der Waals surface area contributed by atoms with E-state index in [1.54, 1.807) is 18.2 Å². The van der Waals surface area contributed by atoms with E-state index in [2.05, 4.69) is 22.1 Å². The van der Waals surface area contributed by atoms with Crippen LogP contribution in [-0.2, 0) is 11.3 Å². The van der Waals surface area contributed by atoms with Gasteiger partial charge in [0.05, 0.1) is 11.3 Å². The molecule has 150 valence electrons. The molecule has 1 aromatic heterocycles. The summed E-state index contributed by atoms with van der Waals surface area (Å²) in [5.74, 6) is 1.67. The van der Waals surface area contributed by atoms with Gasteiger partial charge in [-0.25, -0.2) is 9.37 Å². The van der Waals surface area contributed by atoms with Gasteiger partial charge in [-0.2, -0.15) is 0 Å². The molecule has 1 aliphatic heterocycles. The molecule has 6 heteroatoms. The van der Waals surface area contributed by atoms with Crippen LogP contribution in [0.1, 0.15) is 44.1 Å². The Hall–Kier alpha value is -2.21. The Labute approximate surface area is 165 Å². The molecular formula is C22H28FN3O2. The smallest absolute Gasteiger partial charge is 0.229 e. The zero-order valence-corrected chi connectivity index (χ0v) is 16.6. The number of aryl methyl sites for hydroxylation is 1. The van der Waals surface area contributed by atoms with Gasteiger partial charge in [-0.3, -0.25) is 9.69 Å². The van der Waals surface area contributed by atoms with Crippen molar-refractivity contribution in [3.8, 4) is 11.5 Å². The average molecular weight is 385 g/mol. The number of aromatic nitrogens is 1. The van der Waals surface area contributed by atoms with E-state index in [0.717, 1.165) is 50.2 Å². The first kappa shape index (κ1) is 19.1. The molecule has 1 aromatic carbocycles. The fraction of sp³-hybridized carbons (Fsp3) is 0.545. The predicted octanol–water partition coefficient (Wildman–Crippen LogP) is 3.92. The lowest BCUT2D eigenvalue weighted by molar-refractivity contribution is -0.123. The molecule has 1 amide bonds. The molecule has 0 radical (unpaired) electrons. The molecule has 2 atom stereocenters. The molecule has 5 nitrogen and oxygen atoms in total. The van der Waals surface area contributed by atoms with E-state index in [1.807, 2.05) is 6.92 Å². The Morgan fingerprint density at radius 3 is 2.82 bits per heavy atom. The van der Waals surface area contributed by atoms with Crippen molar-refractivity contribution in [3.63, 3.8) is 0 Å². The monoisotopic (exact) mass is 385 g/mol. The van der Waals surface area contributed by atoms with E-state index < -0.39 is 0 Å². The van der Waals surface area contributed by atoms with E-state index >= 15 is 0 Å². The van der Waals surface area contributed by atoms with Crippen molar-refractivity contribution in [2.75, 3.05) is 13.1 Å². The Kier molecular flexibility index (Phi) is 5.49. The van der Waals surface area contributed by atoms with Crippen molar-refractivity contribution >= 4 is 5.91 Å². The van der Waals surface area contributed by atoms with Crippen molar-refractivity contribution in [3.05, 3.63) is 41.5 Å². The molecule has 1 saturated heterocycles. The summed E-state index contributed by atoms with van der Waals surface area (Å²) >= 11 is 0.